The first-order valence-electron chi connectivity index (χ1n) is 8.84. The first-order chi connectivity index (χ1) is 12.8. The number of pyridine rings is 1. The summed E-state index contributed by atoms with van der Waals surface area (Å²) < 4.78 is 10.8. The molecule has 6 nitrogen and oxygen atoms in total. The zero-order valence-electron chi connectivity index (χ0n) is 14.5. The molecule has 1 amide bonds. The Morgan fingerprint density at radius 1 is 1.04 bits per heavy atom. The number of rotatable bonds is 6. The fourth-order valence-corrected chi connectivity index (χ4v) is 3.25. The molecule has 0 bridgehead atoms. The highest BCUT2D eigenvalue weighted by Gasteiger charge is 2.21. The van der Waals surface area contributed by atoms with Crippen molar-refractivity contribution < 1.29 is 13.6 Å². The minimum Gasteiger partial charge on any atom is -0.467 e. The van der Waals surface area contributed by atoms with Crippen LogP contribution in [0.5, 0.6) is 0 Å². The Morgan fingerprint density at radius 2 is 1.69 bits per heavy atom. The maximum atomic E-state index is 13.1. The van der Waals surface area contributed by atoms with Gasteiger partial charge in [0.15, 0.2) is 0 Å². The average molecular weight is 351 g/mol. The number of anilines is 1. The van der Waals surface area contributed by atoms with E-state index in [1.807, 2.05) is 36.4 Å². The van der Waals surface area contributed by atoms with Crippen molar-refractivity contribution in [2.75, 3.05) is 18.0 Å². The predicted octanol–water partition coefficient (Wildman–Crippen LogP) is 3.71. The van der Waals surface area contributed by atoms with E-state index in [0.717, 1.165) is 30.3 Å². The molecule has 0 unspecified atom stereocenters. The summed E-state index contributed by atoms with van der Waals surface area (Å²) in [5.41, 5.74) is 1.49. The third-order valence-corrected chi connectivity index (χ3v) is 4.57. The molecule has 0 N–H and O–H groups in total. The Labute approximate surface area is 152 Å². The van der Waals surface area contributed by atoms with Crippen LogP contribution in [0.15, 0.2) is 64.0 Å². The molecule has 0 saturated carbocycles. The normalized spacial score (nSPS) is 13.9. The molecular weight excluding hydrogens is 330 g/mol. The summed E-state index contributed by atoms with van der Waals surface area (Å²) in [4.78, 5) is 21.4. The number of hydrogen-bond donors (Lipinski definition) is 0. The molecule has 1 aliphatic heterocycles. The van der Waals surface area contributed by atoms with Gasteiger partial charge in [0.25, 0.3) is 5.91 Å². The largest absolute Gasteiger partial charge is 0.467 e. The average Bonchev–Trinajstić information content (AvgIpc) is 3.43. The number of carbonyl (C=O) groups excluding carboxylic acids is 1. The van der Waals surface area contributed by atoms with Gasteiger partial charge in [-0.3, -0.25) is 9.78 Å². The topological polar surface area (TPSA) is 62.7 Å². The summed E-state index contributed by atoms with van der Waals surface area (Å²) in [5, 5.41) is 0. The number of amides is 1. The van der Waals surface area contributed by atoms with Crippen LogP contribution in [0.1, 0.15) is 34.9 Å². The lowest BCUT2D eigenvalue weighted by Gasteiger charge is -2.22. The van der Waals surface area contributed by atoms with Crippen LogP contribution in [0.2, 0.25) is 0 Å². The maximum absolute atomic E-state index is 13.1. The third kappa shape index (κ3) is 3.64. The summed E-state index contributed by atoms with van der Waals surface area (Å²) in [6.07, 6.45) is 7.30. The van der Waals surface area contributed by atoms with Gasteiger partial charge in [0.05, 0.1) is 25.6 Å². The quantitative estimate of drug-likeness (QED) is 0.677. The molecule has 4 rings (SSSR count). The van der Waals surface area contributed by atoms with Gasteiger partial charge in [0, 0.05) is 25.0 Å². The van der Waals surface area contributed by atoms with E-state index in [4.69, 9.17) is 8.83 Å². The first-order valence-corrected chi connectivity index (χ1v) is 8.84. The van der Waals surface area contributed by atoms with E-state index in [2.05, 4.69) is 9.88 Å². The molecule has 1 fully saturated rings. The molecule has 0 radical (unpaired) electrons. The minimum absolute atomic E-state index is 0.140. The smallest absolute Gasteiger partial charge is 0.273 e. The summed E-state index contributed by atoms with van der Waals surface area (Å²) in [5.74, 6) is 1.31. The monoisotopic (exact) mass is 351 g/mol. The van der Waals surface area contributed by atoms with E-state index in [9.17, 15) is 4.79 Å². The second-order valence-corrected chi connectivity index (χ2v) is 6.41. The molecule has 6 heteroatoms. The predicted molar refractivity (Wildman–Crippen MR) is 96.7 cm³/mol. The van der Waals surface area contributed by atoms with Gasteiger partial charge in [0.2, 0.25) is 0 Å². The van der Waals surface area contributed by atoms with Gasteiger partial charge in [0.1, 0.15) is 17.2 Å². The van der Waals surface area contributed by atoms with E-state index in [1.54, 1.807) is 23.6 Å². The van der Waals surface area contributed by atoms with Crippen molar-refractivity contribution in [1.82, 2.24) is 9.88 Å². The SMILES string of the molecule is O=C(c1cc(N2CCCC2)ccn1)N(Cc1ccco1)Cc1ccco1. The molecule has 0 aromatic carbocycles. The molecule has 1 aliphatic rings. The first kappa shape index (κ1) is 16.4. The van der Waals surface area contributed by atoms with Crippen LogP contribution in [0.25, 0.3) is 0 Å². The Hall–Kier alpha value is -3.02. The molecule has 26 heavy (non-hydrogen) atoms. The summed E-state index contributed by atoms with van der Waals surface area (Å²) in [6.45, 7) is 2.78. The third-order valence-electron chi connectivity index (χ3n) is 4.57. The van der Waals surface area contributed by atoms with Crippen LogP contribution in [0.3, 0.4) is 0 Å². The van der Waals surface area contributed by atoms with E-state index < -0.39 is 0 Å². The van der Waals surface area contributed by atoms with Gasteiger partial charge < -0.3 is 18.6 Å². The van der Waals surface area contributed by atoms with Crippen molar-refractivity contribution in [2.24, 2.45) is 0 Å². The van der Waals surface area contributed by atoms with Crippen molar-refractivity contribution >= 4 is 11.6 Å². The van der Waals surface area contributed by atoms with Crippen LogP contribution < -0.4 is 4.90 Å². The maximum Gasteiger partial charge on any atom is 0.273 e. The van der Waals surface area contributed by atoms with Crippen LogP contribution in [-0.4, -0.2) is 28.9 Å². The van der Waals surface area contributed by atoms with Crippen LogP contribution in [-0.2, 0) is 13.1 Å². The Bertz CT molecular complexity index is 801. The minimum atomic E-state index is -0.140. The van der Waals surface area contributed by atoms with Crippen molar-refractivity contribution in [1.29, 1.82) is 0 Å². The van der Waals surface area contributed by atoms with Crippen molar-refractivity contribution in [3.63, 3.8) is 0 Å². The summed E-state index contributed by atoms with van der Waals surface area (Å²) in [7, 11) is 0. The second-order valence-electron chi connectivity index (χ2n) is 6.41. The summed E-state index contributed by atoms with van der Waals surface area (Å²) in [6, 6.07) is 11.2. The molecule has 0 aliphatic carbocycles. The van der Waals surface area contributed by atoms with Gasteiger partial charge >= 0.3 is 0 Å². The molecule has 1 saturated heterocycles. The highest BCUT2D eigenvalue weighted by atomic mass is 16.3. The van der Waals surface area contributed by atoms with E-state index >= 15 is 0 Å². The molecule has 3 aromatic rings. The Morgan fingerprint density at radius 3 is 2.27 bits per heavy atom. The van der Waals surface area contributed by atoms with Crippen LogP contribution >= 0.6 is 0 Å². The van der Waals surface area contributed by atoms with Gasteiger partial charge in [-0.1, -0.05) is 0 Å². The van der Waals surface area contributed by atoms with Gasteiger partial charge in [-0.15, -0.1) is 0 Å². The number of aromatic nitrogens is 1. The lowest BCUT2D eigenvalue weighted by Crippen LogP contribution is -2.30. The number of hydrogen-bond acceptors (Lipinski definition) is 5. The van der Waals surface area contributed by atoms with Crippen molar-refractivity contribution in [2.45, 2.75) is 25.9 Å². The fraction of sp³-hybridized carbons (Fsp3) is 0.300. The lowest BCUT2D eigenvalue weighted by atomic mass is 10.2. The number of nitrogens with zero attached hydrogens (tertiary/aromatic N) is 3. The molecular formula is C20H21N3O3. The van der Waals surface area contributed by atoms with E-state index in [1.165, 1.54) is 12.8 Å². The van der Waals surface area contributed by atoms with Gasteiger partial charge in [-0.2, -0.15) is 0 Å². The molecule has 4 heterocycles. The van der Waals surface area contributed by atoms with Crippen LogP contribution in [0.4, 0.5) is 5.69 Å². The Balaban J connectivity index is 1.57. The highest BCUT2D eigenvalue weighted by molar-refractivity contribution is 5.93. The van der Waals surface area contributed by atoms with Crippen LogP contribution in [0, 0.1) is 0 Å². The van der Waals surface area contributed by atoms with E-state index in [0.29, 0.717) is 18.8 Å². The second kappa shape index (κ2) is 7.47. The lowest BCUT2D eigenvalue weighted by molar-refractivity contribution is 0.0699. The zero-order valence-corrected chi connectivity index (χ0v) is 14.5. The Kier molecular flexibility index (Phi) is 4.73. The molecule has 0 atom stereocenters. The molecule has 134 valence electrons. The number of furan rings is 2. The van der Waals surface area contributed by atoms with Gasteiger partial charge in [-0.05, 0) is 49.2 Å². The zero-order chi connectivity index (χ0) is 17.8. The van der Waals surface area contributed by atoms with Crippen molar-refractivity contribution in [3.8, 4) is 0 Å². The van der Waals surface area contributed by atoms with Crippen molar-refractivity contribution in [3.05, 3.63) is 72.3 Å². The molecule has 0 spiro atoms. The standard InChI is InChI=1S/C20H21N3O3/c24-20(19-13-16(7-8-21-19)22-9-1-2-10-22)23(14-17-5-3-11-25-17)15-18-6-4-12-26-18/h3-8,11-13H,1-2,9-10,14-15H2. The molecule has 3 aromatic heterocycles. The highest BCUT2D eigenvalue weighted by Crippen LogP contribution is 2.21. The fourth-order valence-electron chi connectivity index (χ4n) is 3.25. The number of carbonyl (C=O) groups is 1. The summed E-state index contributed by atoms with van der Waals surface area (Å²) >= 11 is 0. The van der Waals surface area contributed by atoms with E-state index in [-0.39, 0.29) is 5.91 Å². The van der Waals surface area contributed by atoms with Gasteiger partial charge in [-0.25, -0.2) is 0 Å².